The molecule has 0 aromatic heterocycles. The summed E-state index contributed by atoms with van der Waals surface area (Å²) in [4.78, 5) is 0. The van der Waals surface area contributed by atoms with Crippen molar-refractivity contribution in [3.05, 3.63) is 0 Å². The van der Waals surface area contributed by atoms with Crippen molar-refractivity contribution in [3.8, 4) is 0 Å². The zero-order valence-electron chi connectivity index (χ0n) is 12.6. The molecule has 7 heteroatoms. The second-order valence-corrected chi connectivity index (χ2v) is 43.9. The molecule has 0 aromatic rings. The summed E-state index contributed by atoms with van der Waals surface area (Å²) >= 11 is 0. The molecule has 0 rings (SSSR count). The predicted octanol–water partition coefficient (Wildman–Crippen LogP) is 6.01. The Morgan fingerprint density at radius 3 is 0.765 bits per heavy atom. The van der Waals surface area contributed by atoms with Gasteiger partial charge in [0, 0.05) is 0 Å². The van der Waals surface area contributed by atoms with Crippen LogP contribution in [-0.4, -0.2) is 34.7 Å². The van der Waals surface area contributed by atoms with E-state index in [9.17, 15) is 0 Å². The molecule has 0 aliphatic carbocycles. The van der Waals surface area contributed by atoms with Crippen LogP contribution in [0.3, 0.4) is 0 Å². The van der Waals surface area contributed by atoms with Gasteiger partial charge in [-0.15, -0.1) is 0 Å². The molecule has 0 saturated carbocycles. The van der Waals surface area contributed by atoms with E-state index in [1.165, 1.54) is 0 Å². The monoisotopic (exact) mass is 410 g/mol. The number of halogens is 3. The normalized spacial score (nSPS) is 16.2. The zero-order valence-corrected chi connectivity index (χ0v) is 20.0. The molecule has 0 heterocycles. The molecule has 0 unspecified atom stereocenters. The molecule has 0 aliphatic heterocycles. The van der Waals surface area contributed by atoms with E-state index in [1.54, 1.807) is 0 Å². The van der Waals surface area contributed by atoms with Crippen LogP contribution in [0.4, 0.5) is 0 Å². The summed E-state index contributed by atoms with van der Waals surface area (Å²) in [5, 5.41) is 0. The number of hydrogen-bond acceptors (Lipinski definition) is 0. The van der Waals surface area contributed by atoms with Crippen molar-refractivity contribution in [2.45, 2.75) is 62.0 Å². The Morgan fingerprint density at radius 2 is 0.765 bits per heavy atom. The van der Waals surface area contributed by atoms with Crippen LogP contribution in [-0.2, 0) is 0 Å². The molecule has 0 atom stereocenters. The maximum atomic E-state index is 6.73. The van der Waals surface area contributed by atoms with Crippen LogP contribution >= 0.6 is 30.0 Å². The molecule has 0 saturated heterocycles. The Morgan fingerprint density at radius 1 is 0.588 bits per heavy atom. The fourth-order valence-corrected chi connectivity index (χ4v) is 90.0. The van der Waals surface area contributed by atoms with E-state index in [4.69, 9.17) is 30.0 Å². The van der Waals surface area contributed by atoms with Crippen LogP contribution in [0.1, 0.15) is 0 Å². The maximum absolute atomic E-state index is 6.73. The summed E-state index contributed by atoms with van der Waals surface area (Å²) in [6.45, 7) is 21.7. The van der Waals surface area contributed by atoms with E-state index >= 15 is 0 Å². The SMILES string of the molecule is C[Si](C)(C)[C]([Si](C)(C)C)([Si](C)(C)C)[Ge]([Cl])([Cl])[Cl]. The summed E-state index contributed by atoms with van der Waals surface area (Å²) in [5.74, 6) is 0. The van der Waals surface area contributed by atoms with Crippen molar-refractivity contribution < 1.29 is 0 Å². The van der Waals surface area contributed by atoms with E-state index in [1.807, 2.05) is 0 Å². The van der Waals surface area contributed by atoms with Crippen molar-refractivity contribution in [2.24, 2.45) is 0 Å². The van der Waals surface area contributed by atoms with Crippen molar-refractivity contribution >= 4 is 64.7 Å². The van der Waals surface area contributed by atoms with Crippen molar-refractivity contribution in [1.29, 1.82) is 0 Å². The van der Waals surface area contributed by atoms with Gasteiger partial charge in [-0.1, -0.05) is 0 Å². The summed E-state index contributed by atoms with van der Waals surface area (Å²) in [6.07, 6.45) is 0. The van der Waals surface area contributed by atoms with E-state index in [0.717, 1.165) is 0 Å². The van der Waals surface area contributed by atoms with E-state index in [2.05, 4.69) is 58.9 Å². The Hall–Kier alpha value is 2.06. The summed E-state index contributed by atoms with van der Waals surface area (Å²) in [5.41, 5.74) is 0. The van der Waals surface area contributed by atoms with Gasteiger partial charge in [-0.3, -0.25) is 0 Å². The molecule has 0 fully saturated rings. The van der Waals surface area contributed by atoms with Gasteiger partial charge < -0.3 is 0 Å². The van der Waals surface area contributed by atoms with E-state index < -0.39 is 34.7 Å². The molecule has 17 heavy (non-hydrogen) atoms. The average Bonchev–Trinajstić information content (AvgIpc) is 1.67. The molecule has 0 nitrogen and oxygen atoms in total. The molecule has 0 N–H and O–H groups in total. The Bertz CT molecular complexity index is 220. The minimum absolute atomic E-state index is 0.150. The minimum atomic E-state index is -3.30. The van der Waals surface area contributed by atoms with Crippen LogP contribution in [0, 0.1) is 0 Å². The third-order valence-electron chi connectivity index (χ3n) is 3.80. The zero-order chi connectivity index (χ0) is 14.5. The number of hydrogen-bond donors (Lipinski definition) is 0. The molecule has 0 bridgehead atoms. The Labute approximate surface area is 126 Å². The van der Waals surface area contributed by atoms with Crippen molar-refractivity contribution in [2.75, 3.05) is 0 Å². The summed E-state index contributed by atoms with van der Waals surface area (Å²) in [7, 11) is 12.3. The van der Waals surface area contributed by atoms with Gasteiger partial charge >= 0.3 is 127 Å². The predicted molar refractivity (Wildman–Crippen MR) is 96.0 cm³/mol. The first kappa shape index (κ1) is 19.1. The quantitative estimate of drug-likeness (QED) is 0.498. The van der Waals surface area contributed by atoms with Crippen LogP contribution in [0.2, 0.25) is 62.0 Å². The second-order valence-electron chi connectivity index (χ2n) is 8.00. The average molecular weight is 411 g/mol. The Kier molecular flexibility index (Phi) is 5.74. The second kappa shape index (κ2) is 5.12. The standard InChI is InChI=1S/C10H27Cl3GeSi3/c1-15(2,3)10(14(11,12)13,16(4,5)6)17(7,8)9/h1-9H3. The topological polar surface area (TPSA) is 0 Å². The van der Waals surface area contributed by atoms with Gasteiger partial charge in [0.05, 0.1) is 0 Å². The van der Waals surface area contributed by atoms with E-state index in [0.29, 0.717) is 0 Å². The first-order valence-electron chi connectivity index (χ1n) is 6.07. The van der Waals surface area contributed by atoms with Gasteiger partial charge in [0.15, 0.2) is 0 Å². The fourth-order valence-electron chi connectivity index (χ4n) is 4.65. The van der Waals surface area contributed by atoms with Crippen LogP contribution in [0.5, 0.6) is 0 Å². The molecule has 0 spiro atoms. The molecule has 0 amide bonds. The van der Waals surface area contributed by atoms with Gasteiger partial charge in [0.2, 0.25) is 0 Å². The van der Waals surface area contributed by atoms with Gasteiger partial charge in [-0.25, -0.2) is 0 Å². The van der Waals surface area contributed by atoms with Crippen molar-refractivity contribution in [1.82, 2.24) is 0 Å². The summed E-state index contributed by atoms with van der Waals surface area (Å²) < 4.78 is 0.150. The molecule has 0 radical (unpaired) electrons. The van der Waals surface area contributed by atoms with Gasteiger partial charge in [0.25, 0.3) is 0 Å². The van der Waals surface area contributed by atoms with Crippen LogP contribution in [0.15, 0.2) is 0 Å². The third-order valence-corrected chi connectivity index (χ3v) is 57.7. The first-order valence-corrected chi connectivity index (χ1v) is 25.9. The molecule has 104 valence electrons. The Balaban J connectivity index is 6.37. The third kappa shape index (κ3) is 3.22. The van der Waals surface area contributed by atoms with Gasteiger partial charge in [-0.2, -0.15) is 0 Å². The molecular formula is C10H27Cl3GeSi3. The van der Waals surface area contributed by atoms with Gasteiger partial charge in [-0.05, 0) is 0 Å². The summed E-state index contributed by atoms with van der Waals surface area (Å²) in [6, 6.07) is 0. The number of rotatable bonds is 4. The van der Waals surface area contributed by atoms with Crippen molar-refractivity contribution in [3.63, 3.8) is 0 Å². The first-order chi connectivity index (χ1) is 7.00. The molecule has 0 aliphatic rings. The van der Waals surface area contributed by atoms with E-state index in [-0.39, 0.29) is 3.12 Å². The van der Waals surface area contributed by atoms with Gasteiger partial charge in [0.1, 0.15) is 0 Å². The van der Waals surface area contributed by atoms with Crippen LogP contribution in [0.25, 0.3) is 0 Å². The fraction of sp³-hybridized carbons (Fsp3) is 1.00. The van der Waals surface area contributed by atoms with Crippen LogP contribution < -0.4 is 0 Å². The molecule has 0 aromatic carbocycles. The molecular weight excluding hydrogens is 383 g/mol.